The lowest BCUT2D eigenvalue weighted by atomic mass is 10.1. The summed E-state index contributed by atoms with van der Waals surface area (Å²) in [6, 6.07) is 22.4. The molecule has 0 spiro atoms. The molecule has 3 aromatic rings. The van der Waals surface area contributed by atoms with Crippen molar-refractivity contribution in [1.82, 2.24) is 0 Å². The zero-order valence-corrected chi connectivity index (χ0v) is 13.1. The summed E-state index contributed by atoms with van der Waals surface area (Å²) >= 11 is 0. The molecule has 0 saturated heterocycles. The van der Waals surface area contributed by atoms with Crippen LogP contribution in [0.3, 0.4) is 0 Å². The minimum absolute atomic E-state index is 0.508. The highest BCUT2D eigenvalue weighted by Gasteiger charge is 2.02. The molecule has 0 radical (unpaired) electrons. The van der Waals surface area contributed by atoms with Gasteiger partial charge in [-0.05, 0) is 47.5 Å². The van der Waals surface area contributed by atoms with Gasteiger partial charge in [-0.15, -0.1) is 0 Å². The third kappa shape index (κ3) is 4.02. The summed E-state index contributed by atoms with van der Waals surface area (Å²) in [6.07, 6.45) is 0.821. The first kappa shape index (κ1) is 15.4. The van der Waals surface area contributed by atoms with Gasteiger partial charge in [0.1, 0.15) is 24.7 Å². The Labute approximate surface area is 136 Å². The smallest absolute Gasteiger partial charge is 0.122 e. The molecule has 0 unspecified atom stereocenters. The van der Waals surface area contributed by atoms with Crippen LogP contribution >= 0.6 is 0 Å². The van der Waals surface area contributed by atoms with Gasteiger partial charge in [-0.2, -0.15) is 0 Å². The number of benzene rings is 3. The lowest BCUT2D eigenvalue weighted by Crippen LogP contribution is -2.11. The van der Waals surface area contributed by atoms with Crippen molar-refractivity contribution in [3.63, 3.8) is 0 Å². The Morgan fingerprint density at radius 3 is 2.35 bits per heavy atom. The van der Waals surface area contributed by atoms with E-state index in [4.69, 9.17) is 15.2 Å². The highest BCUT2D eigenvalue weighted by molar-refractivity contribution is 5.83. The van der Waals surface area contributed by atoms with Crippen molar-refractivity contribution in [2.24, 2.45) is 5.73 Å². The van der Waals surface area contributed by atoms with Gasteiger partial charge in [0.15, 0.2) is 0 Å². The molecule has 118 valence electrons. The van der Waals surface area contributed by atoms with Crippen molar-refractivity contribution in [1.29, 1.82) is 0 Å². The van der Waals surface area contributed by atoms with Gasteiger partial charge < -0.3 is 15.2 Å². The molecule has 0 atom stereocenters. The highest BCUT2D eigenvalue weighted by atomic mass is 16.5. The monoisotopic (exact) mass is 307 g/mol. The molecule has 3 heteroatoms. The SMILES string of the molecule is NCCc1ccccc1OCCOc1ccc2ccccc2c1. The largest absolute Gasteiger partial charge is 0.490 e. The Balaban J connectivity index is 1.55. The second kappa shape index (κ2) is 7.65. The lowest BCUT2D eigenvalue weighted by Gasteiger charge is -2.12. The normalized spacial score (nSPS) is 10.7. The van der Waals surface area contributed by atoms with Gasteiger partial charge in [0.2, 0.25) is 0 Å². The molecule has 0 aliphatic carbocycles. The molecule has 2 N–H and O–H groups in total. The summed E-state index contributed by atoms with van der Waals surface area (Å²) in [6.45, 7) is 1.64. The molecule has 23 heavy (non-hydrogen) atoms. The molecule has 0 aromatic heterocycles. The van der Waals surface area contributed by atoms with Gasteiger partial charge in [0.05, 0.1) is 0 Å². The third-order valence-electron chi connectivity index (χ3n) is 3.72. The van der Waals surface area contributed by atoms with Crippen molar-refractivity contribution in [2.45, 2.75) is 6.42 Å². The Morgan fingerprint density at radius 1 is 0.739 bits per heavy atom. The molecular formula is C20H21NO2. The Bertz CT molecular complexity index is 770. The molecule has 0 amide bonds. The topological polar surface area (TPSA) is 44.5 Å². The zero-order valence-electron chi connectivity index (χ0n) is 13.1. The first-order valence-electron chi connectivity index (χ1n) is 7.89. The molecule has 0 aliphatic heterocycles. The van der Waals surface area contributed by atoms with Crippen molar-refractivity contribution in [2.75, 3.05) is 19.8 Å². The Morgan fingerprint density at radius 2 is 1.48 bits per heavy atom. The molecule has 0 bridgehead atoms. The van der Waals surface area contributed by atoms with Gasteiger partial charge >= 0.3 is 0 Å². The molecule has 0 fully saturated rings. The van der Waals surface area contributed by atoms with E-state index in [1.165, 1.54) is 10.8 Å². The summed E-state index contributed by atoms with van der Waals surface area (Å²) in [4.78, 5) is 0. The van der Waals surface area contributed by atoms with E-state index in [1.807, 2.05) is 42.5 Å². The highest BCUT2D eigenvalue weighted by Crippen LogP contribution is 2.21. The summed E-state index contributed by atoms with van der Waals surface area (Å²) in [7, 11) is 0. The van der Waals surface area contributed by atoms with Crippen LogP contribution < -0.4 is 15.2 Å². The fourth-order valence-electron chi connectivity index (χ4n) is 2.58. The summed E-state index contributed by atoms with van der Waals surface area (Å²) in [5.74, 6) is 1.75. The van der Waals surface area contributed by atoms with Crippen LogP contribution in [-0.2, 0) is 6.42 Å². The van der Waals surface area contributed by atoms with Crippen LogP contribution in [0.5, 0.6) is 11.5 Å². The van der Waals surface area contributed by atoms with Crippen molar-refractivity contribution in [3.8, 4) is 11.5 Å². The van der Waals surface area contributed by atoms with Crippen LogP contribution in [0.15, 0.2) is 66.7 Å². The number of fused-ring (bicyclic) bond motifs is 1. The van der Waals surface area contributed by atoms with Gasteiger partial charge in [0, 0.05) is 0 Å². The summed E-state index contributed by atoms with van der Waals surface area (Å²) < 4.78 is 11.6. The first-order chi connectivity index (χ1) is 11.4. The predicted octanol–water partition coefficient (Wildman–Crippen LogP) is 3.80. The van der Waals surface area contributed by atoms with Gasteiger partial charge in [-0.3, -0.25) is 0 Å². The van der Waals surface area contributed by atoms with Crippen LogP contribution in [0.4, 0.5) is 0 Å². The minimum atomic E-state index is 0.508. The number of hydrogen-bond acceptors (Lipinski definition) is 3. The average molecular weight is 307 g/mol. The fraction of sp³-hybridized carbons (Fsp3) is 0.200. The minimum Gasteiger partial charge on any atom is -0.490 e. The van der Waals surface area contributed by atoms with E-state index in [0.717, 1.165) is 23.5 Å². The van der Waals surface area contributed by atoms with Crippen molar-refractivity contribution < 1.29 is 9.47 Å². The van der Waals surface area contributed by atoms with E-state index in [2.05, 4.69) is 24.3 Å². The maximum absolute atomic E-state index is 5.82. The van der Waals surface area contributed by atoms with Crippen LogP contribution in [-0.4, -0.2) is 19.8 Å². The molecule has 0 saturated carbocycles. The van der Waals surface area contributed by atoms with E-state index in [1.54, 1.807) is 0 Å². The molecule has 3 aromatic carbocycles. The Hall–Kier alpha value is -2.52. The standard InChI is InChI=1S/C20H21NO2/c21-12-11-17-6-3-4-8-20(17)23-14-13-22-19-10-9-16-5-1-2-7-18(16)15-19/h1-10,15H,11-14,21H2. The quantitative estimate of drug-likeness (QED) is 0.675. The van der Waals surface area contributed by atoms with Gasteiger partial charge in [-0.1, -0.05) is 48.5 Å². The first-order valence-corrected chi connectivity index (χ1v) is 7.89. The van der Waals surface area contributed by atoms with Crippen LogP contribution in [0.25, 0.3) is 10.8 Å². The molecular weight excluding hydrogens is 286 g/mol. The number of rotatable bonds is 7. The lowest BCUT2D eigenvalue weighted by molar-refractivity contribution is 0.216. The van der Waals surface area contributed by atoms with Crippen molar-refractivity contribution in [3.05, 3.63) is 72.3 Å². The number of para-hydroxylation sites is 1. The summed E-state index contributed by atoms with van der Waals surface area (Å²) in [5.41, 5.74) is 6.76. The van der Waals surface area contributed by atoms with E-state index in [9.17, 15) is 0 Å². The third-order valence-corrected chi connectivity index (χ3v) is 3.72. The van der Waals surface area contributed by atoms with E-state index in [-0.39, 0.29) is 0 Å². The molecule has 0 heterocycles. The summed E-state index contributed by atoms with van der Waals surface area (Å²) in [5, 5.41) is 2.39. The molecule has 3 nitrogen and oxygen atoms in total. The molecule has 3 rings (SSSR count). The second-order valence-electron chi connectivity index (χ2n) is 5.35. The average Bonchev–Trinajstić information content (AvgIpc) is 2.60. The number of ether oxygens (including phenoxy) is 2. The van der Waals surface area contributed by atoms with Crippen LogP contribution in [0.2, 0.25) is 0 Å². The van der Waals surface area contributed by atoms with Crippen LogP contribution in [0.1, 0.15) is 5.56 Å². The zero-order chi connectivity index (χ0) is 15.9. The maximum Gasteiger partial charge on any atom is 0.122 e. The predicted molar refractivity (Wildman–Crippen MR) is 94.1 cm³/mol. The fourth-order valence-corrected chi connectivity index (χ4v) is 2.58. The van der Waals surface area contributed by atoms with E-state index >= 15 is 0 Å². The maximum atomic E-state index is 5.82. The van der Waals surface area contributed by atoms with Crippen LogP contribution in [0, 0.1) is 0 Å². The van der Waals surface area contributed by atoms with E-state index in [0.29, 0.717) is 19.8 Å². The second-order valence-corrected chi connectivity index (χ2v) is 5.35. The number of hydrogen-bond donors (Lipinski definition) is 1. The Kier molecular flexibility index (Phi) is 5.12. The van der Waals surface area contributed by atoms with Gasteiger partial charge in [0.25, 0.3) is 0 Å². The van der Waals surface area contributed by atoms with Crippen molar-refractivity contribution >= 4 is 10.8 Å². The number of nitrogens with two attached hydrogens (primary N) is 1. The van der Waals surface area contributed by atoms with E-state index < -0.39 is 0 Å². The van der Waals surface area contributed by atoms with Gasteiger partial charge in [-0.25, -0.2) is 0 Å². The molecule has 0 aliphatic rings.